The van der Waals surface area contributed by atoms with Gasteiger partial charge < -0.3 is 4.57 Å². The molecule has 170 valence electrons. The summed E-state index contributed by atoms with van der Waals surface area (Å²) < 4.78 is 19.4. The van der Waals surface area contributed by atoms with Crippen LogP contribution in [-0.2, 0) is 0 Å². The highest BCUT2D eigenvalue weighted by molar-refractivity contribution is 5.93. The molecule has 0 amide bonds. The highest BCUT2D eigenvalue weighted by atomic mass is 19.1. The summed E-state index contributed by atoms with van der Waals surface area (Å²) in [5, 5.41) is 5.90. The topological polar surface area (TPSA) is 35.1 Å². The molecule has 5 heteroatoms. The highest BCUT2D eigenvalue weighted by Gasteiger charge is 2.29. The molecule has 3 aromatic heterocycles. The summed E-state index contributed by atoms with van der Waals surface area (Å²) in [6.45, 7) is 17.2. The molecule has 0 N–H and O–H groups in total. The van der Waals surface area contributed by atoms with Crippen molar-refractivity contribution in [1.82, 2.24) is 19.2 Å². The molecule has 32 heavy (non-hydrogen) atoms. The number of hydrogen-bond acceptors (Lipinski definition) is 2. The maximum absolute atomic E-state index is 15.2. The molecule has 0 saturated carbocycles. The van der Waals surface area contributed by atoms with Crippen LogP contribution in [0.4, 0.5) is 4.39 Å². The van der Waals surface area contributed by atoms with E-state index in [0.717, 1.165) is 52.2 Å². The minimum Gasteiger partial charge on any atom is -0.334 e. The van der Waals surface area contributed by atoms with Crippen molar-refractivity contribution in [2.24, 2.45) is 0 Å². The van der Waals surface area contributed by atoms with Crippen molar-refractivity contribution in [2.75, 3.05) is 0 Å². The number of benzene rings is 1. The molecule has 4 nitrogen and oxygen atoms in total. The molecular weight excluding hydrogens is 399 g/mol. The van der Waals surface area contributed by atoms with Crippen molar-refractivity contribution in [2.45, 2.75) is 86.1 Å². The summed E-state index contributed by atoms with van der Waals surface area (Å²) in [6, 6.07) is 7.69. The van der Waals surface area contributed by atoms with Crippen LogP contribution in [0.25, 0.3) is 27.9 Å². The Morgan fingerprint density at radius 1 is 1.00 bits per heavy atom. The standard InChI is InChI=1S/C27H35FN4/c1-9-19(10-2)21-14-17(7)30-32-24(18(8)29-27(21)32)26-23(15(3)4)20-12-11-13-22(28)25(20)31(26)16(5)6/h11-16,19H,9-10H2,1-8H3. The summed E-state index contributed by atoms with van der Waals surface area (Å²) in [5.74, 6) is 0.479. The minimum atomic E-state index is -0.183. The molecule has 0 aliphatic rings. The van der Waals surface area contributed by atoms with Crippen LogP contribution in [-0.4, -0.2) is 19.2 Å². The van der Waals surface area contributed by atoms with E-state index >= 15 is 4.39 Å². The van der Waals surface area contributed by atoms with Gasteiger partial charge in [0.1, 0.15) is 11.5 Å². The Balaban J connectivity index is 2.20. The van der Waals surface area contributed by atoms with Crippen molar-refractivity contribution in [3.63, 3.8) is 0 Å². The molecule has 0 fully saturated rings. The van der Waals surface area contributed by atoms with E-state index in [0.29, 0.717) is 11.4 Å². The number of halogens is 1. The molecule has 4 aromatic rings. The first-order valence-electron chi connectivity index (χ1n) is 11.9. The highest BCUT2D eigenvalue weighted by Crippen LogP contribution is 2.43. The van der Waals surface area contributed by atoms with Crippen molar-refractivity contribution in [3.05, 3.63) is 52.6 Å². The zero-order valence-electron chi connectivity index (χ0n) is 20.6. The third-order valence-electron chi connectivity index (χ3n) is 6.67. The lowest BCUT2D eigenvalue weighted by molar-refractivity contribution is 0.589. The Labute approximate surface area is 190 Å². The van der Waals surface area contributed by atoms with Crippen LogP contribution in [0, 0.1) is 19.7 Å². The molecule has 0 aliphatic heterocycles. The Morgan fingerprint density at radius 3 is 2.28 bits per heavy atom. The monoisotopic (exact) mass is 434 g/mol. The maximum atomic E-state index is 15.2. The first kappa shape index (κ1) is 22.5. The van der Waals surface area contributed by atoms with E-state index in [1.807, 2.05) is 23.6 Å². The summed E-state index contributed by atoms with van der Waals surface area (Å²) in [6.07, 6.45) is 2.12. The number of hydrogen-bond donors (Lipinski definition) is 0. The number of para-hydroxylation sites is 1. The summed E-state index contributed by atoms with van der Waals surface area (Å²) in [7, 11) is 0. The fourth-order valence-electron chi connectivity index (χ4n) is 5.27. The second kappa shape index (κ2) is 8.34. The number of nitrogens with zero attached hydrogens (tertiary/aromatic N) is 4. The summed E-state index contributed by atoms with van der Waals surface area (Å²) in [5.41, 5.74) is 7.92. The lowest BCUT2D eigenvalue weighted by Gasteiger charge is -2.18. The van der Waals surface area contributed by atoms with Crippen molar-refractivity contribution in [3.8, 4) is 11.4 Å². The maximum Gasteiger partial charge on any atom is 0.158 e. The van der Waals surface area contributed by atoms with E-state index in [9.17, 15) is 0 Å². The first-order valence-corrected chi connectivity index (χ1v) is 11.9. The molecule has 1 aromatic carbocycles. The molecular formula is C27H35FN4. The smallest absolute Gasteiger partial charge is 0.158 e. The Hall–Kier alpha value is -2.69. The van der Waals surface area contributed by atoms with Crippen LogP contribution in [0.15, 0.2) is 24.3 Å². The van der Waals surface area contributed by atoms with Gasteiger partial charge in [0.15, 0.2) is 5.65 Å². The Bertz CT molecular complexity index is 1290. The fourth-order valence-corrected chi connectivity index (χ4v) is 5.27. The average Bonchev–Trinajstić information content (AvgIpc) is 3.23. The average molecular weight is 435 g/mol. The van der Waals surface area contributed by atoms with E-state index < -0.39 is 0 Å². The van der Waals surface area contributed by atoms with Gasteiger partial charge in [-0.1, -0.05) is 39.8 Å². The zero-order chi connectivity index (χ0) is 23.3. The zero-order valence-corrected chi connectivity index (χ0v) is 20.6. The predicted octanol–water partition coefficient (Wildman–Crippen LogP) is 7.71. The largest absolute Gasteiger partial charge is 0.334 e. The predicted molar refractivity (Wildman–Crippen MR) is 131 cm³/mol. The molecule has 0 bridgehead atoms. The van der Waals surface area contributed by atoms with Crippen LogP contribution in [0.3, 0.4) is 0 Å². The second-order valence-corrected chi connectivity index (χ2v) is 9.55. The van der Waals surface area contributed by atoms with E-state index in [1.54, 1.807) is 6.07 Å². The Kier molecular flexibility index (Phi) is 5.87. The van der Waals surface area contributed by atoms with E-state index in [-0.39, 0.29) is 17.8 Å². The SMILES string of the molecule is CCC(CC)c1cc(C)nn2c(-c3c(C(C)C)c4cccc(F)c4n3C(C)C)c(C)nc12. The molecule has 3 heterocycles. The molecule has 0 radical (unpaired) electrons. The van der Waals surface area contributed by atoms with Crippen LogP contribution in [0.1, 0.15) is 94.8 Å². The summed E-state index contributed by atoms with van der Waals surface area (Å²) >= 11 is 0. The van der Waals surface area contributed by atoms with Crippen molar-refractivity contribution < 1.29 is 4.39 Å². The third kappa shape index (κ3) is 3.33. The number of aryl methyl sites for hydroxylation is 2. The molecule has 0 atom stereocenters. The van der Waals surface area contributed by atoms with Gasteiger partial charge in [0, 0.05) is 17.0 Å². The van der Waals surface area contributed by atoms with E-state index in [1.165, 1.54) is 5.56 Å². The third-order valence-corrected chi connectivity index (χ3v) is 6.67. The van der Waals surface area contributed by atoms with E-state index in [4.69, 9.17) is 10.1 Å². The minimum absolute atomic E-state index is 0.0881. The van der Waals surface area contributed by atoms with Gasteiger partial charge in [-0.3, -0.25) is 0 Å². The summed E-state index contributed by atoms with van der Waals surface area (Å²) in [4.78, 5) is 5.03. The number of imidazole rings is 1. The van der Waals surface area contributed by atoms with Gasteiger partial charge in [-0.2, -0.15) is 5.10 Å². The van der Waals surface area contributed by atoms with Gasteiger partial charge in [-0.25, -0.2) is 13.9 Å². The number of fused-ring (bicyclic) bond motifs is 2. The second-order valence-electron chi connectivity index (χ2n) is 9.55. The van der Waals surface area contributed by atoms with Gasteiger partial charge in [-0.15, -0.1) is 0 Å². The quantitative estimate of drug-likeness (QED) is 0.311. The molecule has 0 saturated heterocycles. The van der Waals surface area contributed by atoms with Crippen LogP contribution >= 0.6 is 0 Å². The lowest BCUT2D eigenvalue weighted by Crippen LogP contribution is -2.09. The fraction of sp³-hybridized carbons (Fsp3) is 0.481. The Morgan fingerprint density at radius 2 is 1.69 bits per heavy atom. The molecule has 0 spiro atoms. The molecule has 4 rings (SSSR count). The van der Waals surface area contributed by atoms with Gasteiger partial charge in [0.2, 0.25) is 0 Å². The van der Waals surface area contributed by atoms with Gasteiger partial charge in [0.25, 0.3) is 0 Å². The normalized spacial score (nSPS) is 12.4. The van der Waals surface area contributed by atoms with Crippen molar-refractivity contribution in [1.29, 1.82) is 0 Å². The molecule has 0 unspecified atom stereocenters. The lowest BCUT2D eigenvalue weighted by atomic mass is 9.94. The first-order chi connectivity index (χ1) is 15.2. The molecule has 0 aliphatic carbocycles. The van der Waals surface area contributed by atoms with Gasteiger partial charge >= 0.3 is 0 Å². The van der Waals surface area contributed by atoms with Crippen molar-refractivity contribution >= 4 is 16.6 Å². The van der Waals surface area contributed by atoms with Crippen LogP contribution < -0.4 is 0 Å². The van der Waals surface area contributed by atoms with Crippen LogP contribution in [0.5, 0.6) is 0 Å². The van der Waals surface area contributed by atoms with Gasteiger partial charge in [-0.05, 0) is 70.1 Å². The number of rotatable bonds is 6. The van der Waals surface area contributed by atoms with Crippen LogP contribution in [0.2, 0.25) is 0 Å². The van der Waals surface area contributed by atoms with Gasteiger partial charge in [0.05, 0.1) is 22.6 Å². The van der Waals surface area contributed by atoms with E-state index in [2.05, 4.69) is 59.1 Å². The number of aromatic nitrogens is 4.